The molecule has 0 bridgehead atoms. The molecule has 0 radical (unpaired) electrons. The predicted octanol–water partition coefficient (Wildman–Crippen LogP) is 18.4. The van der Waals surface area contributed by atoms with Gasteiger partial charge in [-0.05, 0) is 83.5 Å². The third-order valence-electron chi connectivity index (χ3n) is 12.0. The van der Waals surface area contributed by atoms with E-state index in [2.05, 4.69) is 81.5 Å². The Labute approximate surface area is 402 Å². The Kier molecular flexibility index (Phi) is 51.3. The first kappa shape index (κ1) is 62.1. The molecule has 0 aliphatic rings. The zero-order valence-corrected chi connectivity index (χ0v) is 43.0. The monoisotopic (exact) mass is 909 g/mol. The third kappa shape index (κ3) is 51.9. The van der Waals surface area contributed by atoms with Gasteiger partial charge in [0.15, 0.2) is 6.10 Å². The number of allylic oxidation sites excluding steroid dienone is 10. The lowest BCUT2D eigenvalue weighted by molar-refractivity contribution is -0.167. The number of unbranched alkanes of at least 4 members (excludes halogenated alkanes) is 29. The minimum absolute atomic E-state index is 0.0823. The van der Waals surface area contributed by atoms with E-state index in [0.717, 1.165) is 109 Å². The highest BCUT2D eigenvalue weighted by molar-refractivity contribution is 5.71. The molecule has 0 aromatic heterocycles. The standard InChI is InChI=1S/C59H104O6/c1-4-7-10-13-16-19-22-25-26-27-28-29-30-31-32-35-37-40-43-46-49-52-58(61)64-55-56(65-59(62)53-50-47-44-41-38-34-24-21-18-15-12-9-6-3)54-63-57(60)51-48-45-42-39-36-33-23-20-17-14-11-8-5-2/h12,15,21-22,24-25,27-28,30-31,56H,4-11,13-14,16-20,23,26,29,32-55H2,1-3H3/b15-12-,24-21-,25-22-,28-27-,31-30-. The van der Waals surface area contributed by atoms with Gasteiger partial charge in [-0.3, -0.25) is 14.4 Å². The molecule has 0 aliphatic carbocycles. The van der Waals surface area contributed by atoms with E-state index in [1.165, 1.54) is 128 Å². The lowest BCUT2D eigenvalue weighted by Crippen LogP contribution is -2.30. The van der Waals surface area contributed by atoms with Crippen LogP contribution in [0.4, 0.5) is 0 Å². The van der Waals surface area contributed by atoms with Crippen LogP contribution in [0.15, 0.2) is 60.8 Å². The molecule has 1 unspecified atom stereocenters. The predicted molar refractivity (Wildman–Crippen MR) is 279 cm³/mol. The summed E-state index contributed by atoms with van der Waals surface area (Å²) in [5.74, 6) is -0.902. The Bertz CT molecular complexity index is 1180. The van der Waals surface area contributed by atoms with Gasteiger partial charge in [0, 0.05) is 19.3 Å². The average molecular weight is 909 g/mol. The molecular formula is C59H104O6. The summed E-state index contributed by atoms with van der Waals surface area (Å²) in [6, 6.07) is 0. The summed E-state index contributed by atoms with van der Waals surface area (Å²) < 4.78 is 16.8. The minimum atomic E-state index is -0.785. The van der Waals surface area contributed by atoms with Crippen LogP contribution in [0.2, 0.25) is 0 Å². The maximum absolute atomic E-state index is 12.8. The second-order valence-corrected chi connectivity index (χ2v) is 18.5. The Hall–Kier alpha value is -2.89. The lowest BCUT2D eigenvalue weighted by atomic mass is 10.0. The zero-order chi connectivity index (χ0) is 47.2. The van der Waals surface area contributed by atoms with Crippen LogP contribution >= 0.6 is 0 Å². The first-order valence-corrected chi connectivity index (χ1v) is 27.8. The van der Waals surface area contributed by atoms with Crippen molar-refractivity contribution in [3.8, 4) is 0 Å². The molecule has 0 saturated heterocycles. The molecule has 0 N–H and O–H groups in total. The Morgan fingerprint density at radius 2 is 0.585 bits per heavy atom. The summed E-state index contributed by atoms with van der Waals surface area (Å²) in [7, 11) is 0. The van der Waals surface area contributed by atoms with E-state index in [1.54, 1.807) is 0 Å². The van der Waals surface area contributed by atoms with Crippen molar-refractivity contribution < 1.29 is 28.6 Å². The lowest BCUT2D eigenvalue weighted by Gasteiger charge is -2.18. The summed E-state index contributed by atoms with van der Waals surface area (Å²) in [6.07, 6.45) is 66.3. The summed E-state index contributed by atoms with van der Waals surface area (Å²) in [5.41, 5.74) is 0. The average Bonchev–Trinajstić information content (AvgIpc) is 3.30. The SMILES string of the molecule is CCC/C=C\C/C=C\CCCCCCCC(=O)OC(COC(=O)CCCCCCCC/C=C\C/C=C\C/C=C\CCCCCCC)COC(=O)CCCCCCCCCCCCCCC. The van der Waals surface area contributed by atoms with Gasteiger partial charge in [0.05, 0.1) is 0 Å². The van der Waals surface area contributed by atoms with Crippen LogP contribution in [0.3, 0.4) is 0 Å². The van der Waals surface area contributed by atoms with Crippen molar-refractivity contribution in [2.24, 2.45) is 0 Å². The van der Waals surface area contributed by atoms with Crippen molar-refractivity contribution in [3.05, 3.63) is 60.8 Å². The number of ether oxygens (including phenoxy) is 3. The van der Waals surface area contributed by atoms with Crippen molar-refractivity contribution in [2.45, 2.75) is 284 Å². The van der Waals surface area contributed by atoms with E-state index in [-0.39, 0.29) is 31.1 Å². The Morgan fingerprint density at radius 1 is 0.308 bits per heavy atom. The van der Waals surface area contributed by atoms with Crippen molar-refractivity contribution in [1.82, 2.24) is 0 Å². The molecule has 0 fully saturated rings. The van der Waals surface area contributed by atoms with Gasteiger partial charge in [0.2, 0.25) is 0 Å². The molecular weight excluding hydrogens is 805 g/mol. The van der Waals surface area contributed by atoms with Crippen LogP contribution in [-0.2, 0) is 28.6 Å². The topological polar surface area (TPSA) is 78.9 Å². The molecule has 0 heterocycles. The van der Waals surface area contributed by atoms with Crippen LogP contribution in [0.1, 0.15) is 278 Å². The van der Waals surface area contributed by atoms with Crippen molar-refractivity contribution in [1.29, 1.82) is 0 Å². The molecule has 376 valence electrons. The number of esters is 3. The molecule has 6 nitrogen and oxygen atoms in total. The van der Waals surface area contributed by atoms with Gasteiger partial charge in [-0.2, -0.15) is 0 Å². The Morgan fingerprint density at radius 3 is 0.923 bits per heavy atom. The van der Waals surface area contributed by atoms with E-state index < -0.39 is 6.10 Å². The van der Waals surface area contributed by atoms with Gasteiger partial charge in [-0.25, -0.2) is 0 Å². The van der Waals surface area contributed by atoms with Crippen molar-refractivity contribution in [2.75, 3.05) is 13.2 Å². The fourth-order valence-electron chi connectivity index (χ4n) is 7.78. The fraction of sp³-hybridized carbons (Fsp3) is 0.780. The molecule has 0 amide bonds. The molecule has 0 spiro atoms. The number of rotatable bonds is 50. The van der Waals surface area contributed by atoms with Gasteiger partial charge in [0.25, 0.3) is 0 Å². The highest BCUT2D eigenvalue weighted by Gasteiger charge is 2.19. The summed E-state index contributed by atoms with van der Waals surface area (Å²) >= 11 is 0. The van der Waals surface area contributed by atoms with E-state index >= 15 is 0 Å². The van der Waals surface area contributed by atoms with E-state index in [9.17, 15) is 14.4 Å². The maximum atomic E-state index is 12.8. The number of carbonyl (C=O) groups is 3. The molecule has 0 aromatic carbocycles. The van der Waals surface area contributed by atoms with Crippen molar-refractivity contribution in [3.63, 3.8) is 0 Å². The number of hydrogen-bond donors (Lipinski definition) is 0. The van der Waals surface area contributed by atoms with Crippen LogP contribution in [0.5, 0.6) is 0 Å². The zero-order valence-electron chi connectivity index (χ0n) is 43.0. The summed E-state index contributed by atoms with van der Waals surface area (Å²) in [4.78, 5) is 38.0. The molecule has 6 heteroatoms. The second-order valence-electron chi connectivity index (χ2n) is 18.5. The summed E-state index contributed by atoms with van der Waals surface area (Å²) in [5, 5.41) is 0. The van der Waals surface area contributed by atoms with Crippen LogP contribution in [-0.4, -0.2) is 37.2 Å². The number of hydrogen-bond acceptors (Lipinski definition) is 6. The fourth-order valence-corrected chi connectivity index (χ4v) is 7.78. The van der Waals surface area contributed by atoms with Crippen molar-refractivity contribution >= 4 is 17.9 Å². The third-order valence-corrected chi connectivity index (χ3v) is 12.0. The minimum Gasteiger partial charge on any atom is -0.462 e. The van der Waals surface area contributed by atoms with Gasteiger partial charge in [0.1, 0.15) is 13.2 Å². The first-order chi connectivity index (χ1) is 32.0. The molecule has 0 rings (SSSR count). The molecule has 1 atom stereocenters. The van der Waals surface area contributed by atoms with Crippen LogP contribution in [0.25, 0.3) is 0 Å². The number of carbonyl (C=O) groups excluding carboxylic acids is 3. The van der Waals surface area contributed by atoms with Gasteiger partial charge in [-0.1, -0.05) is 236 Å². The first-order valence-electron chi connectivity index (χ1n) is 27.8. The Balaban J connectivity index is 4.36. The normalized spacial score (nSPS) is 12.5. The molecule has 0 aliphatic heterocycles. The van der Waals surface area contributed by atoms with E-state index in [0.29, 0.717) is 19.3 Å². The maximum Gasteiger partial charge on any atom is 0.306 e. The van der Waals surface area contributed by atoms with E-state index in [1.807, 2.05) is 0 Å². The molecule has 65 heavy (non-hydrogen) atoms. The quantitative estimate of drug-likeness (QED) is 0.0262. The van der Waals surface area contributed by atoms with Gasteiger partial charge < -0.3 is 14.2 Å². The highest BCUT2D eigenvalue weighted by Crippen LogP contribution is 2.15. The summed E-state index contributed by atoms with van der Waals surface area (Å²) in [6.45, 7) is 6.56. The van der Waals surface area contributed by atoms with Gasteiger partial charge >= 0.3 is 17.9 Å². The van der Waals surface area contributed by atoms with E-state index in [4.69, 9.17) is 14.2 Å². The van der Waals surface area contributed by atoms with Crippen LogP contribution < -0.4 is 0 Å². The largest absolute Gasteiger partial charge is 0.462 e. The molecule has 0 saturated carbocycles. The highest BCUT2D eigenvalue weighted by atomic mass is 16.6. The van der Waals surface area contributed by atoms with Gasteiger partial charge in [-0.15, -0.1) is 0 Å². The van der Waals surface area contributed by atoms with Crippen LogP contribution in [0, 0.1) is 0 Å². The smallest absolute Gasteiger partial charge is 0.306 e. The molecule has 0 aromatic rings. The second kappa shape index (κ2) is 53.7.